The van der Waals surface area contributed by atoms with E-state index >= 15 is 0 Å². The van der Waals surface area contributed by atoms with Gasteiger partial charge in [-0.15, -0.1) is 11.3 Å². The smallest absolute Gasteiger partial charge is 0.253 e. The second kappa shape index (κ2) is 8.46. The zero-order chi connectivity index (χ0) is 21.3. The fraction of sp³-hybridized carbons (Fsp3) is 0.400. The summed E-state index contributed by atoms with van der Waals surface area (Å²) in [7, 11) is -2.43. The standard InChI is InChI=1S/C20H22N2O6S2/c1-27-15-8-6-14(7-9-15)22-18(23)12-17(20(22)24)21(13-16-4-2-10-28-16)30(25,26)19-5-3-11-29-19/h3,5-9,11,16-17H,2,4,10,12-13H2,1H3. The van der Waals surface area contributed by atoms with Crippen molar-refractivity contribution in [1.82, 2.24) is 4.31 Å². The van der Waals surface area contributed by atoms with Crippen LogP contribution in [0.1, 0.15) is 19.3 Å². The Labute approximate surface area is 179 Å². The second-order valence-electron chi connectivity index (χ2n) is 7.13. The number of anilines is 1. The highest BCUT2D eigenvalue weighted by Gasteiger charge is 2.48. The second-order valence-corrected chi connectivity index (χ2v) is 10.2. The van der Waals surface area contributed by atoms with Crippen molar-refractivity contribution >= 4 is 38.9 Å². The highest BCUT2D eigenvalue weighted by molar-refractivity contribution is 7.91. The van der Waals surface area contributed by atoms with Crippen molar-refractivity contribution in [3.63, 3.8) is 0 Å². The first-order valence-electron chi connectivity index (χ1n) is 9.59. The Morgan fingerprint density at radius 1 is 1.23 bits per heavy atom. The van der Waals surface area contributed by atoms with Gasteiger partial charge in [-0.2, -0.15) is 4.31 Å². The van der Waals surface area contributed by atoms with Crippen molar-refractivity contribution in [2.75, 3.05) is 25.2 Å². The zero-order valence-electron chi connectivity index (χ0n) is 16.4. The van der Waals surface area contributed by atoms with E-state index in [1.807, 2.05) is 0 Å². The maximum atomic E-state index is 13.3. The van der Waals surface area contributed by atoms with Gasteiger partial charge in [0.2, 0.25) is 5.91 Å². The van der Waals surface area contributed by atoms with Gasteiger partial charge in [-0.25, -0.2) is 13.3 Å². The third kappa shape index (κ3) is 3.87. The van der Waals surface area contributed by atoms with E-state index in [1.54, 1.807) is 35.7 Å². The van der Waals surface area contributed by atoms with E-state index in [2.05, 4.69) is 0 Å². The van der Waals surface area contributed by atoms with Crippen LogP contribution in [0.25, 0.3) is 0 Å². The summed E-state index contributed by atoms with van der Waals surface area (Å²) in [6.45, 7) is 0.605. The minimum absolute atomic E-state index is 0.0420. The van der Waals surface area contributed by atoms with Crippen LogP contribution >= 0.6 is 11.3 Å². The van der Waals surface area contributed by atoms with Crippen molar-refractivity contribution in [3.05, 3.63) is 41.8 Å². The summed E-state index contributed by atoms with van der Waals surface area (Å²) in [5.41, 5.74) is 0.388. The first-order chi connectivity index (χ1) is 14.4. The Bertz CT molecular complexity index is 1010. The van der Waals surface area contributed by atoms with Gasteiger partial charge in [0.15, 0.2) is 0 Å². The number of imide groups is 1. The minimum Gasteiger partial charge on any atom is -0.497 e. The van der Waals surface area contributed by atoms with Gasteiger partial charge in [0.1, 0.15) is 16.0 Å². The number of thiophene rings is 1. The molecule has 10 heteroatoms. The molecule has 160 valence electrons. The highest BCUT2D eigenvalue weighted by atomic mass is 32.2. The molecule has 2 unspecified atom stereocenters. The Kier molecular flexibility index (Phi) is 5.92. The topological polar surface area (TPSA) is 93.2 Å². The van der Waals surface area contributed by atoms with E-state index in [0.717, 1.165) is 27.0 Å². The summed E-state index contributed by atoms with van der Waals surface area (Å²) in [6, 6.07) is 8.56. The molecule has 0 N–H and O–H groups in total. The molecular weight excluding hydrogens is 428 g/mol. The van der Waals surface area contributed by atoms with Gasteiger partial charge in [-0.05, 0) is 48.6 Å². The molecule has 0 bridgehead atoms. The molecule has 0 radical (unpaired) electrons. The molecule has 1 aromatic carbocycles. The van der Waals surface area contributed by atoms with Crippen molar-refractivity contribution < 1.29 is 27.5 Å². The molecule has 3 heterocycles. The van der Waals surface area contributed by atoms with Crippen molar-refractivity contribution in [2.24, 2.45) is 0 Å². The van der Waals surface area contributed by atoms with Crippen LogP contribution in [0.3, 0.4) is 0 Å². The first-order valence-corrected chi connectivity index (χ1v) is 11.9. The molecule has 2 aromatic rings. The third-order valence-corrected chi connectivity index (χ3v) is 8.51. The molecule has 2 fully saturated rings. The van der Waals surface area contributed by atoms with Gasteiger partial charge < -0.3 is 9.47 Å². The third-order valence-electron chi connectivity index (χ3n) is 5.27. The van der Waals surface area contributed by atoms with Gasteiger partial charge in [0.05, 0.1) is 25.3 Å². The van der Waals surface area contributed by atoms with Crippen LogP contribution in [-0.4, -0.2) is 56.9 Å². The number of amides is 2. The lowest BCUT2D eigenvalue weighted by Gasteiger charge is -2.28. The van der Waals surface area contributed by atoms with E-state index in [-0.39, 0.29) is 23.3 Å². The first kappa shape index (κ1) is 21.0. The number of benzene rings is 1. The number of carbonyl (C=O) groups excluding carboxylic acids is 2. The normalized spacial score (nSPS) is 22.3. The average molecular weight is 451 g/mol. The lowest BCUT2D eigenvalue weighted by atomic mass is 10.2. The number of carbonyl (C=O) groups is 2. The molecule has 0 saturated carbocycles. The van der Waals surface area contributed by atoms with Gasteiger partial charge in [0.25, 0.3) is 15.9 Å². The quantitative estimate of drug-likeness (QED) is 0.601. The summed E-state index contributed by atoms with van der Waals surface area (Å²) in [5, 5.41) is 1.67. The number of methoxy groups -OCH3 is 1. The summed E-state index contributed by atoms with van der Waals surface area (Å²) in [5.74, 6) is -0.396. The molecule has 2 saturated heterocycles. The molecule has 0 aliphatic carbocycles. The van der Waals surface area contributed by atoms with Crippen molar-refractivity contribution in [3.8, 4) is 5.75 Å². The zero-order valence-corrected chi connectivity index (χ0v) is 18.0. The van der Waals surface area contributed by atoms with Crippen LogP contribution in [0.5, 0.6) is 5.75 Å². The molecule has 8 nitrogen and oxygen atoms in total. The van der Waals surface area contributed by atoms with Gasteiger partial charge >= 0.3 is 0 Å². The van der Waals surface area contributed by atoms with E-state index in [4.69, 9.17) is 9.47 Å². The largest absolute Gasteiger partial charge is 0.497 e. The van der Waals surface area contributed by atoms with Crippen LogP contribution in [0, 0.1) is 0 Å². The summed E-state index contributed by atoms with van der Waals surface area (Å²) >= 11 is 1.08. The van der Waals surface area contributed by atoms with E-state index < -0.39 is 27.9 Å². The van der Waals surface area contributed by atoms with Crippen molar-refractivity contribution in [2.45, 2.75) is 35.6 Å². The molecule has 2 amide bonds. The van der Waals surface area contributed by atoms with Gasteiger partial charge in [0, 0.05) is 13.2 Å². The summed E-state index contributed by atoms with van der Waals surface area (Å²) < 4.78 is 38.7. The molecule has 1 aromatic heterocycles. The Morgan fingerprint density at radius 2 is 2.00 bits per heavy atom. The molecular formula is C20H22N2O6S2. The summed E-state index contributed by atoms with van der Waals surface area (Å²) in [4.78, 5) is 27.0. The Morgan fingerprint density at radius 3 is 2.60 bits per heavy atom. The SMILES string of the molecule is COc1ccc(N2C(=O)CC(N(CC3CCCO3)S(=O)(=O)c3cccs3)C2=O)cc1. The molecule has 0 spiro atoms. The number of hydrogen-bond donors (Lipinski definition) is 0. The maximum absolute atomic E-state index is 13.3. The summed E-state index contributed by atoms with van der Waals surface area (Å²) in [6.07, 6.45) is 1.06. The molecule has 4 rings (SSSR count). The van der Waals surface area contributed by atoms with Crippen LogP contribution in [0.15, 0.2) is 46.0 Å². The molecule has 2 atom stereocenters. The monoisotopic (exact) mass is 450 g/mol. The van der Waals surface area contributed by atoms with E-state index in [0.29, 0.717) is 24.5 Å². The molecule has 2 aliphatic rings. The number of nitrogens with zero attached hydrogens (tertiary/aromatic N) is 2. The Balaban J connectivity index is 1.66. The Hall–Kier alpha value is -2.27. The van der Waals surface area contributed by atoms with E-state index in [1.165, 1.54) is 13.2 Å². The lowest BCUT2D eigenvalue weighted by Crippen LogP contribution is -2.48. The van der Waals surface area contributed by atoms with Crippen LogP contribution in [0.2, 0.25) is 0 Å². The van der Waals surface area contributed by atoms with Crippen molar-refractivity contribution in [1.29, 1.82) is 0 Å². The van der Waals surface area contributed by atoms with E-state index in [9.17, 15) is 18.0 Å². The van der Waals surface area contributed by atoms with Crippen LogP contribution in [0.4, 0.5) is 5.69 Å². The maximum Gasteiger partial charge on any atom is 0.253 e. The number of sulfonamides is 1. The lowest BCUT2D eigenvalue weighted by molar-refractivity contribution is -0.122. The fourth-order valence-corrected chi connectivity index (χ4v) is 6.48. The predicted molar refractivity (Wildman–Crippen MR) is 111 cm³/mol. The fourth-order valence-electron chi connectivity index (χ4n) is 3.75. The average Bonchev–Trinajstić information content (AvgIpc) is 3.49. The number of ether oxygens (including phenoxy) is 2. The molecule has 30 heavy (non-hydrogen) atoms. The number of hydrogen-bond acceptors (Lipinski definition) is 7. The van der Waals surface area contributed by atoms with Crippen LogP contribution < -0.4 is 9.64 Å². The number of rotatable bonds is 7. The van der Waals surface area contributed by atoms with Gasteiger partial charge in [-0.3, -0.25) is 9.59 Å². The van der Waals surface area contributed by atoms with Gasteiger partial charge in [-0.1, -0.05) is 6.07 Å². The minimum atomic E-state index is -3.95. The van der Waals surface area contributed by atoms with Crippen LogP contribution in [-0.2, 0) is 24.3 Å². The predicted octanol–water partition coefficient (Wildman–Crippen LogP) is 2.26. The molecule has 2 aliphatic heterocycles. The highest BCUT2D eigenvalue weighted by Crippen LogP contribution is 2.32.